The van der Waals surface area contributed by atoms with Crippen molar-refractivity contribution >= 4 is 17.7 Å². The molecule has 7 heteroatoms. The average molecular weight is 334 g/mol. The molecule has 7 nitrogen and oxygen atoms in total. The van der Waals surface area contributed by atoms with Crippen molar-refractivity contribution in [2.24, 2.45) is 5.73 Å². The lowest BCUT2D eigenvalue weighted by molar-refractivity contribution is -0.121. The van der Waals surface area contributed by atoms with Gasteiger partial charge in [-0.25, -0.2) is 4.79 Å². The second kappa shape index (κ2) is 9.12. The number of nitrogens with two attached hydrogens (primary N) is 1. The molecule has 0 spiro atoms. The van der Waals surface area contributed by atoms with Crippen LogP contribution in [0, 0.1) is 0 Å². The van der Waals surface area contributed by atoms with E-state index in [4.69, 9.17) is 10.8 Å². The van der Waals surface area contributed by atoms with Gasteiger partial charge in [-0.15, -0.1) is 0 Å². The van der Waals surface area contributed by atoms with Gasteiger partial charge in [-0.2, -0.15) is 0 Å². The third kappa shape index (κ3) is 5.73. The number of anilines is 1. The van der Waals surface area contributed by atoms with Gasteiger partial charge in [0.2, 0.25) is 5.91 Å². The highest BCUT2D eigenvalue weighted by atomic mass is 16.4. The van der Waals surface area contributed by atoms with E-state index in [1.165, 1.54) is 0 Å². The third-order valence-corrected chi connectivity index (χ3v) is 4.17. The summed E-state index contributed by atoms with van der Waals surface area (Å²) in [5.74, 6) is -0.115. The van der Waals surface area contributed by atoms with Crippen LogP contribution in [-0.4, -0.2) is 36.2 Å². The number of hydrogen-bond acceptors (Lipinski definition) is 4. The minimum atomic E-state index is -1.09. The Bertz CT molecular complexity index is 565. The molecule has 2 amide bonds. The van der Waals surface area contributed by atoms with Gasteiger partial charge < -0.3 is 26.8 Å². The normalized spacial score (nSPS) is 22.1. The summed E-state index contributed by atoms with van der Waals surface area (Å²) in [7, 11) is 0. The molecule has 1 aromatic rings. The molecule has 2 atom stereocenters. The first-order valence-electron chi connectivity index (χ1n) is 8.43. The van der Waals surface area contributed by atoms with Crippen LogP contribution >= 0.6 is 0 Å². The fourth-order valence-corrected chi connectivity index (χ4v) is 2.82. The summed E-state index contributed by atoms with van der Waals surface area (Å²) in [5.41, 5.74) is 8.11. The second-order valence-corrected chi connectivity index (χ2v) is 6.09. The largest absolute Gasteiger partial charge is 0.465 e. The van der Waals surface area contributed by atoms with Crippen molar-refractivity contribution in [1.82, 2.24) is 10.6 Å². The molecule has 0 saturated carbocycles. The highest BCUT2D eigenvalue weighted by Crippen LogP contribution is 2.21. The molecule has 2 bridgehead atoms. The smallest absolute Gasteiger partial charge is 0.404 e. The van der Waals surface area contributed by atoms with Gasteiger partial charge in [0.25, 0.3) is 0 Å². The summed E-state index contributed by atoms with van der Waals surface area (Å²) in [6, 6.07) is 7.26. The highest BCUT2D eigenvalue weighted by Gasteiger charge is 2.19. The van der Waals surface area contributed by atoms with Crippen LogP contribution in [0.25, 0.3) is 0 Å². The lowest BCUT2D eigenvalue weighted by atomic mass is 10.0. The van der Waals surface area contributed by atoms with Crippen LogP contribution < -0.4 is 21.7 Å². The Morgan fingerprint density at radius 1 is 1.33 bits per heavy atom. The molecule has 1 heterocycles. The molecule has 0 unspecified atom stereocenters. The van der Waals surface area contributed by atoms with Crippen molar-refractivity contribution in [2.75, 3.05) is 18.4 Å². The zero-order valence-electron chi connectivity index (χ0n) is 13.8. The van der Waals surface area contributed by atoms with Crippen LogP contribution in [0.1, 0.15) is 43.7 Å². The molecule has 0 radical (unpaired) electrons. The maximum atomic E-state index is 12.4. The molecular weight excluding hydrogens is 308 g/mol. The quantitative estimate of drug-likeness (QED) is 0.578. The van der Waals surface area contributed by atoms with Crippen molar-refractivity contribution in [3.63, 3.8) is 0 Å². The van der Waals surface area contributed by atoms with Gasteiger partial charge in [0, 0.05) is 24.8 Å². The Hall–Kier alpha value is -2.28. The predicted molar refractivity (Wildman–Crippen MR) is 92.9 cm³/mol. The van der Waals surface area contributed by atoms with Crippen molar-refractivity contribution in [2.45, 2.75) is 44.2 Å². The molecule has 0 saturated heterocycles. The van der Waals surface area contributed by atoms with Crippen molar-refractivity contribution in [3.05, 3.63) is 29.8 Å². The molecule has 0 fully saturated rings. The zero-order valence-corrected chi connectivity index (χ0v) is 13.8. The molecule has 6 N–H and O–H groups in total. The number of rotatable bonds is 3. The summed E-state index contributed by atoms with van der Waals surface area (Å²) in [5, 5.41) is 17.1. The SMILES string of the molecule is N[C@H]1CCCCCNC(=O)[C@H](CCNC(=O)O)Nc2cccc1c2. The molecule has 0 aliphatic carbocycles. The monoisotopic (exact) mass is 334 g/mol. The Morgan fingerprint density at radius 2 is 2.17 bits per heavy atom. The first-order chi connectivity index (χ1) is 11.6. The summed E-state index contributed by atoms with van der Waals surface area (Å²) < 4.78 is 0. The molecule has 24 heavy (non-hydrogen) atoms. The second-order valence-electron chi connectivity index (χ2n) is 6.09. The van der Waals surface area contributed by atoms with Crippen molar-refractivity contribution in [1.29, 1.82) is 0 Å². The molecule has 1 aromatic carbocycles. The Labute approximate surface area is 142 Å². The summed E-state index contributed by atoms with van der Waals surface area (Å²) in [4.78, 5) is 23.0. The van der Waals surface area contributed by atoms with Gasteiger partial charge in [-0.1, -0.05) is 25.0 Å². The van der Waals surface area contributed by atoms with Gasteiger partial charge in [0.1, 0.15) is 6.04 Å². The van der Waals surface area contributed by atoms with Crippen LogP contribution in [0.5, 0.6) is 0 Å². The fraction of sp³-hybridized carbons (Fsp3) is 0.529. The van der Waals surface area contributed by atoms with E-state index in [1.54, 1.807) is 0 Å². The summed E-state index contributed by atoms with van der Waals surface area (Å²) in [6.45, 7) is 0.829. The van der Waals surface area contributed by atoms with Gasteiger partial charge in [-0.3, -0.25) is 4.79 Å². The number of carbonyl (C=O) groups is 2. The number of fused-ring (bicyclic) bond motifs is 2. The maximum absolute atomic E-state index is 12.4. The Morgan fingerprint density at radius 3 is 2.96 bits per heavy atom. The van der Waals surface area contributed by atoms with Gasteiger partial charge >= 0.3 is 6.09 Å². The Kier molecular flexibility index (Phi) is 6.87. The minimum Gasteiger partial charge on any atom is -0.465 e. The first kappa shape index (κ1) is 18.1. The number of carboxylic acid groups (broad SMARTS) is 1. The molecular formula is C17H26N4O3. The topological polar surface area (TPSA) is 116 Å². The van der Waals surface area contributed by atoms with E-state index < -0.39 is 12.1 Å². The predicted octanol–water partition coefficient (Wildman–Crippen LogP) is 1.81. The van der Waals surface area contributed by atoms with Gasteiger partial charge in [0.05, 0.1) is 0 Å². The van der Waals surface area contributed by atoms with E-state index in [1.807, 2.05) is 24.3 Å². The number of amides is 2. The minimum absolute atomic E-state index is 0.0108. The van der Waals surface area contributed by atoms with Crippen LogP contribution in [0.3, 0.4) is 0 Å². The third-order valence-electron chi connectivity index (χ3n) is 4.17. The van der Waals surface area contributed by atoms with Crippen LogP contribution in [0.2, 0.25) is 0 Å². The maximum Gasteiger partial charge on any atom is 0.404 e. The molecule has 0 aromatic heterocycles. The number of benzene rings is 1. The van der Waals surface area contributed by atoms with E-state index in [9.17, 15) is 9.59 Å². The average Bonchev–Trinajstić information content (AvgIpc) is 2.56. The van der Waals surface area contributed by atoms with E-state index in [-0.39, 0.29) is 18.5 Å². The molecule has 1 aliphatic heterocycles. The van der Waals surface area contributed by atoms with Gasteiger partial charge in [0.15, 0.2) is 0 Å². The number of nitrogens with one attached hydrogen (secondary N) is 3. The van der Waals surface area contributed by atoms with Crippen molar-refractivity contribution in [3.8, 4) is 0 Å². The van der Waals surface area contributed by atoms with Crippen LogP contribution in [0.15, 0.2) is 24.3 Å². The standard InChI is InChI=1S/C17H26N4O3/c18-14-7-2-1-3-9-19-16(22)15(8-10-20-17(23)24)21-13-6-4-5-12(14)11-13/h4-6,11,14-15,20-21H,1-3,7-10,18H2,(H,19,22)(H,23,24)/t14-,15-/m0/s1. The zero-order chi connectivity index (χ0) is 17.4. The summed E-state index contributed by atoms with van der Waals surface area (Å²) in [6.07, 6.45) is 3.16. The van der Waals surface area contributed by atoms with E-state index in [0.717, 1.165) is 36.9 Å². The summed E-state index contributed by atoms with van der Waals surface area (Å²) >= 11 is 0. The lowest BCUT2D eigenvalue weighted by Crippen LogP contribution is -2.42. The Balaban J connectivity index is 2.12. The van der Waals surface area contributed by atoms with E-state index in [2.05, 4.69) is 16.0 Å². The first-order valence-corrected chi connectivity index (χ1v) is 8.43. The van der Waals surface area contributed by atoms with Gasteiger partial charge in [-0.05, 0) is 37.0 Å². The van der Waals surface area contributed by atoms with Crippen LogP contribution in [-0.2, 0) is 4.79 Å². The van der Waals surface area contributed by atoms with Crippen LogP contribution in [0.4, 0.5) is 10.5 Å². The molecule has 2 rings (SSSR count). The number of hydrogen-bond donors (Lipinski definition) is 5. The fourth-order valence-electron chi connectivity index (χ4n) is 2.82. The molecule has 1 aliphatic rings. The number of carbonyl (C=O) groups excluding carboxylic acids is 1. The van der Waals surface area contributed by atoms with E-state index in [0.29, 0.717) is 13.0 Å². The highest BCUT2D eigenvalue weighted by molar-refractivity contribution is 5.84. The van der Waals surface area contributed by atoms with Crippen molar-refractivity contribution < 1.29 is 14.7 Å². The van der Waals surface area contributed by atoms with E-state index >= 15 is 0 Å². The molecule has 132 valence electrons. The lowest BCUT2D eigenvalue weighted by Gasteiger charge is -2.20.